The van der Waals surface area contributed by atoms with E-state index < -0.39 is 0 Å². The van der Waals surface area contributed by atoms with Crippen LogP contribution in [0.4, 0.5) is 0 Å². The maximum absolute atomic E-state index is 5.55. The van der Waals surface area contributed by atoms with E-state index in [9.17, 15) is 0 Å². The van der Waals surface area contributed by atoms with E-state index in [1.54, 1.807) is 12.1 Å². The third-order valence-electron chi connectivity index (χ3n) is 1.63. The Morgan fingerprint density at radius 2 is 1.87 bits per heavy atom. The van der Waals surface area contributed by atoms with Crippen molar-refractivity contribution in [3.63, 3.8) is 0 Å². The number of nitrogens with zero attached hydrogens (tertiary/aromatic N) is 2. The number of halogens is 2. The van der Waals surface area contributed by atoms with Crippen molar-refractivity contribution < 1.29 is 4.74 Å². The second kappa shape index (κ2) is 4.72. The molecule has 0 unspecified atom stereocenters. The third kappa shape index (κ3) is 2.54. The van der Waals surface area contributed by atoms with Crippen LogP contribution >= 0.6 is 31.9 Å². The lowest BCUT2D eigenvalue weighted by molar-refractivity contribution is 0.449. The maximum atomic E-state index is 5.55. The Hall–Kier alpha value is -0.940. The molecule has 0 aliphatic carbocycles. The van der Waals surface area contributed by atoms with E-state index in [2.05, 4.69) is 48.3 Å². The SMILES string of the molecule is Brc1cccc(Br)c1Oc1cc[c]nn1. The molecule has 75 valence electrons. The molecule has 1 radical (unpaired) electrons. The normalized spacial score (nSPS) is 10.0. The standard InChI is InChI=1S/C10H5Br2N2O/c11-7-3-1-4-8(12)10(7)15-9-5-2-6-13-14-9/h1-5H. The van der Waals surface area contributed by atoms with Gasteiger partial charge in [-0.3, -0.25) is 0 Å². The summed E-state index contributed by atoms with van der Waals surface area (Å²) in [5.41, 5.74) is 0. The molecule has 0 amide bonds. The van der Waals surface area contributed by atoms with Crippen molar-refractivity contribution in [2.45, 2.75) is 0 Å². The molecule has 0 fully saturated rings. The number of benzene rings is 1. The summed E-state index contributed by atoms with van der Waals surface area (Å²) in [5.74, 6) is 1.11. The van der Waals surface area contributed by atoms with Crippen molar-refractivity contribution in [3.8, 4) is 11.6 Å². The first kappa shape index (κ1) is 10.6. The van der Waals surface area contributed by atoms with Crippen LogP contribution < -0.4 is 4.74 Å². The molecule has 0 bridgehead atoms. The second-order valence-electron chi connectivity index (χ2n) is 2.65. The van der Waals surface area contributed by atoms with Gasteiger partial charge >= 0.3 is 0 Å². The summed E-state index contributed by atoms with van der Waals surface area (Å²) in [6, 6.07) is 9.03. The molecule has 0 spiro atoms. The van der Waals surface area contributed by atoms with Gasteiger partial charge in [-0.15, -0.1) is 10.2 Å². The fraction of sp³-hybridized carbons (Fsp3) is 0. The van der Waals surface area contributed by atoms with E-state index in [1.807, 2.05) is 18.2 Å². The minimum atomic E-state index is 0.432. The van der Waals surface area contributed by atoms with Gasteiger partial charge in [0.15, 0.2) is 5.75 Å². The van der Waals surface area contributed by atoms with E-state index in [-0.39, 0.29) is 0 Å². The molecule has 1 aromatic carbocycles. The Kier molecular flexibility index (Phi) is 3.33. The molecule has 0 aliphatic rings. The van der Waals surface area contributed by atoms with E-state index in [0.717, 1.165) is 8.95 Å². The van der Waals surface area contributed by atoms with Crippen molar-refractivity contribution in [3.05, 3.63) is 45.5 Å². The van der Waals surface area contributed by atoms with E-state index in [1.165, 1.54) is 0 Å². The van der Waals surface area contributed by atoms with E-state index in [4.69, 9.17) is 4.74 Å². The Bertz CT molecular complexity index is 442. The van der Waals surface area contributed by atoms with Gasteiger partial charge in [-0.2, -0.15) is 0 Å². The average molecular weight is 329 g/mol. The highest BCUT2D eigenvalue weighted by Gasteiger charge is 2.07. The van der Waals surface area contributed by atoms with Crippen LogP contribution in [0.3, 0.4) is 0 Å². The topological polar surface area (TPSA) is 35.0 Å². The van der Waals surface area contributed by atoms with Gasteiger partial charge in [0.05, 0.1) is 8.95 Å². The molecular weight excluding hydrogens is 324 g/mol. The molecule has 1 aromatic heterocycles. The summed E-state index contributed by atoms with van der Waals surface area (Å²) in [4.78, 5) is 0. The summed E-state index contributed by atoms with van der Waals surface area (Å²) < 4.78 is 7.26. The Labute approximate surface area is 104 Å². The largest absolute Gasteiger partial charge is 0.435 e. The smallest absolute Gasteiger partial charge is 0.238 e. The van der Waals surface area contributed by atoms with Gasteiger partial charge in [0.1, 0.15) is 6.20 Å². The quantitative estimate of drug-likeness (QED) is 0.845. The lowest BCUT2D eigenvalue weighted by Gasteiger charge is -2.07. The Morgan fingerprint density at radius 1 is 1.13 bits per heavy atom. The number of rotatable bonds is 2. The highest BCUT2D eigenvalue weighted by atomic mass is 79.9. The van der Waals surface area contributed by atoms with Crippen LogP contribution in [-0.2, 0) is 0 Å². The third-order valence-corrected chi connectivity index (χ3v) is 2.88. The van der Waals surface area contributed by atoms with Crippen LogP contribution in [0, 0.1) is 6.20 Å². The number of para-hydroxylation sites is 1. The van der Waals surface area contributed by atoms with Crippen LogP contribution in [-0.4, -0.2) is 10.2 Å². The molecule has 0 atom stereocenters. The van der Waals surface area contributed by atoms with E-state index >= 15 is 0 Å². The summed E-state index contributed by atoms with van der Waals surface area (Å²) >= 11 is 6.79. The van der Waals surface area contributed by atoms with Crippen LogP contribution in [0.2, 0.25) is 0 Å². The molecule has 2 rings (SSSR count). The lowest BCUT2D eigenvalue weighted by atomic mass is 10.3. The van der Waals surface area contributed by atoms with Gasteiger partial charge < -0.3 is 4.74 Å². The minimum absolute atomic E-state index is 0.432. The highest BCUT2D eigenvalue weighted by Crippen LogP contribution is 2.35. The molecule has 15 heavy (non-hydrogen) atoms. The molecule has 2 aromatic rings. The zero-order chi connectivity index (χ0) is 10.7. The average Bonchev–Trinajstić information content (AvgIpc) is 2.25. The zero-order valence-electron chi connectivity index (χ0n) is 7.45. The lowest BCUT2D eigenvalue weighted by Crippen LogP contribution is -1.90. The van der Waals surface area contributed by atoms with Crippen molar-refractivity contribution in [2.24, 2.45) is 0 Å². The first-order chi connectivity index (χ1) is 7.27. The van der Waals surface area contributed by atoms with Gasteiger partial charge in [0, 0.05) is 6.07 Å². The minimum Gasteiger partial charge on any atom is -0.435 e. The molecule has 1 heterocycles. The second-order valence-corrected chi connectivity index (χ2v) is 4.36. The fourth-order valence-electron chi connectivity index (χ4n) is 0.992. The maximum Gasteiger partial charge on any atom is 0.238 e. The van der Waals surface area contributed by atoms with Gasteiger partial charge in [-0.1, -0.05) is 6.07 Å². The van der Waals surface area contributed by atoms with Crippen molar-refractivity contribution >= 4 is 31.9 Å². The molecule has 3 nitrogen and oxygen atoms in total. The highest BCUT2D eigenvalue weighted by molar-refractivity contribution is 9.11. The molecule has 5 heteroatoms. The van der Waals surface area contributed by atoms with Gasteiger partial charge in [0.2, 0.25) is 5.88 Å². The van der Waals surface area contributed by atoms with Crippen molar-refractivity contribution in [1.29, 1.82) is 0 Å². The predicted octanol–water partition coefficient (Wildman–Crippen LogP) is 3.59. The number of hydrogen-bond acceptors (Lipinski definition) is 3. The van der Waals surface area contributed by atoms with Gasteiger partial charge in [-0.05, 0) is 50.1 Å². The van der Waals surface area contributed by atoms with Crippen LogP contribution in [0.15, 0.2) is 39.3 Å². The summed E-state index contributed by atoms with van der Waals surface area (Å²) in [6.45, 7) is 0. The van der Waals surface area contributed by atoms with Gasteiger partial charge in [-0.25, -0.2) is 0 Å². The summed E-state index contributed by atoms with van der Waals surface area (Å²) in [6.07, 6.45) is 2.58. The number of aromatic nitrogens is 2. The van der Waals surface area contributed by atoms with Gasteiger partial charge in [0.25, 0.3) is 0 Å². The summed E-state index contributed by atoms with van der Waals surface area (Å²) in [7, 11) is 0. The van der Waals surface area contributed by atoms with Crippen molar-refractivity contribution in [1.82, 2.24) is 10.2 Å². The zero-order valence-corrected chi connectivity index (χ0v) is 10.6. The van der Waals surface area contributed by atoms with Crippen LogP contribution in [0.5, 0.6) is 11.6 Å². The summed E-state index contributed by atoms with van der Waals surface area (Å²) in [5, 5.41) is 7.40. The molecular formula is C10H5Br2N2O. The number of hydrogen-bond donors (Lipinski definition) is 0. The number of ether oxygens (including phenoxy) is 1. The van der Waals surface area contributed by atoms with Crippen LogP contribution in [0.25, 0.3) is 0 Å². The Balaban J connectivity index is 2.32. The van der Waals surface area contributed by atoms with Crippen LogP contribution in [0.1, 0.15) is 0 Å². The predicted molar refractivity (Wildman–Crippen MR) is 62.8 cm³/mol. The first-order valence-corrected chi connectivity index (χ1v) is 5.67. The Morgan fingerprint density at radius 3 is 2.47 bits per heavy atom. The molecule has 0 aliphatic heterocycles. The molecule has 0 saturated carbocycles. The molecule has 0 saturated heterocycles. The van der Waals surface area contributed by atoms with Crippen molar-refractivity contribution in [2.75, 3.05) is 0 Å². The first-order valence-electron chi connectivity index (χ1n) is 4.09. The monoisotopic (exact) mass is 327 g/mol. The molecule has 0 N–H and O–H groups in total. The fourth-order valence-corrected chi connectivity index (χ4v) is 2.15. The van der Waals surface area contributed by atoms with E-state index in [0.29, 0.717) is 11.6 Å².